The highest BCUT2D eigenvalue weighted by Crippen LogP contribution is 2.13. The molecular weight excluding hydrogens is 351 g/mol. The Bertz CT molecular complexity index is 1000. The third-order valence-corrected chi connectivity index (χ3v) is 3.93. The molecule has 2 amide bonds. The average Bonchev–Trinajstić information content (AvgIpc) is 2.68. The minimum absolute atomic E-state index is 0.0241. The van der Waals surface area contributed by atoms with Gasteiger partial charge in [-0.15, -0.1) is 0 Å². The van der Waals surface area contributed by atoms with Crippen LogP contribution in [0.5, 0.6) is 0 Å². The van der Waals surface area contributed by atoms with Crippen molar-refractivity contribution in [3.8, 4) is 5.69 Å². The van der Waals surface area contributed by atoms with Gasteiger partial charge in [0, 0.05) is 13.7 Å². The number of halogens is 1. The van der Waals surface area contributed by atoms with E-state index in [2.05, 4.69) is 15.6 Å². The molecule has 7 nitrogen and oxygen atoms in total. The minimum atomic E-state index is -0.405. The number of nitrogens with zero attached hydrogens (tertiary/aromatic N) is 2. The van der Waals surface area contributed by atoms with Crippen molar-refractivity contribution in [2.24, 2.45) is 0 Å². The van der Waals surface area contributed by atoms with E-state index in [0.717, 1.165) is 0 Å². The highest BCUT2D eigenvalue weighted by Gasteiger charge is 2.13. The summed E-state index contributed by atoms with van der Waals surface area (Å²) in [5.41, 5.74) is 0.706. The number of hydrogen-bond acceptors (Lipinski definition) is 4. The lowest BCUT2D eigenvalue weighted by Crippen LogP contribution is -2.38. The van der Waals surface area contributed by atoms with Crippen LogP contribution in [0.3, 0.4) is 0 Å². The maximum atomic E-state index is 13.3. The second-order valence-electron chi connectivity index (χ2n) is 5.76. The Morgan fingerprint density at radius 1 is 1.15 bits per heavy atom. The van der Waals surface area contributed by atoms with E-state index in [1.54, 1.807) is 31.4 Å². The number of hydrogen-bond donors (Lipinski definition) is 2. The number of rotatable bonds is 6. The van der Waals surface area contributed by atoms with Crippen LogP contribution in [0.1, 0.15) is 5.82 Å². The van der Waals surface area contributed by atoms with Crippen molar-refractivity contribution in [1.82, 2.24) is 20.2 Å². The van der Waals surface area contributed by atoms with Crippen LogP contribution < -0.4 is 16.2 Å². The van der Waals surface area contributed by atoms with Gasteiger partial charge >= 0.3 is 6.03 Å². The van der Waals surface area contributed by atoms with Gasteiger partial charge < -0.3 is 15.4 Å². The van der Waals surface area contributed by atoms with Gasteiger partial charge in [0.05, 0.1) is 29.7 Å². The first-order valence-electron chi connectivity index (χ1n) is 8.37. The molecule has 0 saturated carbocycles. The predicted octanol–water partition coefficient (Wildman–Crippen LogP) is 1.97. The van der Waals surface area contributed by atoms with E-state index in [1.807, 2.05) is 0 Å². The van der Waals surface area contributed by atoms with E-state index in [4.69, 9.17) is 4.74 Å². The summed E-state index contributed by atoms with van der Waals surface area (Å²) in [4.78, 5) is 29.4. The normalized spacial score (nSPS) is 10.7. The van der Waals surface area contributed by atoms with Crippen LogP contribution in [0.15, 0.2) is 53.3 Å². The molecular formula is C19H19FN4O3. The van der Waals surface area contributed by atoms with Gasteiger partial charge in [0.15, 0.2) is 0 Å². The molecule has 3 rings (SSSR count). The summed E-state index contributed by atoms with van der Waals surface area (Å²) >= 11 is 0. The molecule has 1 heterocycles. The molecule has 3 aromatic rings. The fourth-order valence-electron chi connectivity index (χ4n) is 2.64. The molecule has 27 heavy (non-hydrogen) atoms. The van der Waals surface area contributed by atoms with Gasteiger partial charge in [-0.3, -0.25) is 9.36 Å². The van der Waals surface area contributed by atoms with Crippen molar-refractivity contribution >= 4 is 16.9 Å². The third kappa shape index (κ3) is 4.29. The molecule has 0 bridgehead atoms. The molecule has 8 heteroatoms. The van der Waals surface area contributed by atoms with Crippen molar-refractivity contribution < 1.29 is 13.9 Å². The number of carbonyl (C=O) groups excluding carboxylic acids is 1. The minimum Gasteiger partial charge on any atom is -0.383 e. The summed E-state index contributed by atoms with van der Waals surface area (Å²) in [6.45, 7) is 0.774. The summed E-state index contributed by atoms with van der Waals surface area (Å²) in [6, 6.07) is 12.1. The maximum Gasteiger partial charge on any atom is 0.315 e. The molecule has 0 aliphatic carbocycles. The summed E-state index contributed by atoms with van der Waals surface area (Å²) in [6.07, 6.45) is 0. The summed E-state index contributed by atoms with van der Waals surface area (Å²) in [5.74, 6) is -0.0649. The first-order chi connectivity index (χ1) is 13.1. The van der Waals surface area contributed by atoms with Crippen LogP contribution in [0.4, 0.5) is 9.18 Å². The fourth-order valence-corrected chi connectivity index (χ4v) is 2.64. The van der Waals surface area contributed by atoms with Gasteiger partial charge in [-0.25, -0.2) is 14.2 Å². The van der Waals surface area contributed by atoms with E-state index < -0.39 is 11.8 Å². The van der Waals surface area contributed by atoms with Gasteiger partial charge in [0.2, 0.25) is 0 Å². The Kier molecular flexibility index (Phi) is 5.77. The van der Waals surface area contributed by atoms with E-state index in [1.165, 1.54) is 28.8 Å². The Morgan fingerprint density at radius 2 is 1.89 bits per heavy atom. The van der Waals surface area contributed by atoms with Crippen molar-refractivity contribution in [2.45, 2.75) is 6.54 Å². The second kappa shape index (κ2) is 8.41. The molecule has 0 aliphatic heterocycles. The Balaban J connectivity index is 1.97. The summed E-state index contributed by atoms with van der Waals surface area (Å²) in [7, 11) is 1.54. The molecule has 1 aromatic heterocycles. The molecule has 2 N–H and O–H groups in total. The zero-order chi connectivity index (χ0) is 19.2. The fraction of sp³-hybridized carbons (Fsp3) is 0.211. The molecule has 0 aliphatic rings. The van der Waals surface area contributed by atoms with E-state index >= 15 is 0 Å². The quantitative estimate of drug-likeness (QED) is 0.650. The van der Waals surface area contributed by atoms with Crippen molar-refractivity contribution in [3.05, 3.63) is 70.5 Å². The van der Waals surface area contributed by atoms with Crippen LogP contribution in [0, 0.1) is 5.82 Å². The SMILES string of the molecule is COCCNC(=O)NCc1nc2ccccc2c(=O)n1-c1ccc(F)cc1. The van der Waals surface area contributed by atoms with Crippen molar-refractivity contribution in [3.63, 3.8) is 0 Å². The van der Waals surface area contributed by atoms with Crippen LogP contribution in [0.25, 0.3) is 16.6 Å². The standard InChI is InChI=1S/C19H19FN4O3/c1-27-11-10-21-19(26)22-12-17-23-16-5-3-2-4-15(16)18(25)24(17)14-8-6-13(20)7-9-14/h2-9H,10-12H2,1H3,(H2,21,22,26). The molecule has 0 atom stereocenters. The number of benzene rings is 2. The van der Waals surface area contributed by atoms with Crippen molar-refractivity contribution in [1.29, 1.82) is 0 Å². The number of fused-ring (bicyclic) bond motifs is 1. The van der Waals surface area contributed by atoms with E-state index in [-0.39, 0.29) is 12.1 Å². The predicted molar refractivity (Wildman–Crippen MR) is 99.4 cm³/mol. The molecule has 0 unspecified atom stereocenters. The largest absolute Gasteiger partial charge is 0.383 e. The zero-order valence-corrected chi connectivity index (χ0v) is 14.7. The number of aromatic nitrogens is 2. The topological polar surface area (TPSA) is 85.2 Å². The lowest BCUT2D eigenvalue weighted by atomic mass is 10.2. The van der Waals surface area contributed by atoms with Gasteiger partial charge in [0.1, 0.15) is 11.6 Å². The van der Waals surface area contributed by atoms with E-state index in [9.17, 15) is 14.0 Å². The average molecular weight is 370 g/mol. The monoisotopic (exact) mass is 370 g/mol. The highest BCUT2D eigenvalue weighted by atomic mass is 19.1. The summed E-state index contributed by atoms with van der Waals surface area (Å²) < 4.78 is 19.5. The number of carbonyl (C=O) groups is 1. The Morgan fingerprint density at radius 3 is 2.63 bits per heavy atom. The number of amides is 2. The third-order valence-electron chi connectivity index (χ3n) is 3.93. The second-order valence-corrected chi connectivity index (χ2v) is 5.76. The van der Waals surface area contributed by atoms with Crippen LogP contribution in [-0.4, -0.2) is 35.8 Å². The first-order valence-corrected chi connectivity index (χ1v) is 8.37. The van der Waals surface area contributed by atoms with Gasteiger partial charge in [-0.05, 0) is 36.4 Å². The smallest absolute Gasteiger partial charge is 0.315 e. The Hall–Kier alpha value is -3.26. The maximum absolute atomic E-state index is 13.3. The lowest BCUT2D eigenvalue weighted by molar-refractivity contribution is 0.195. The number of nitrogens with one attached hydrogen (secondary N) is 2. The van der Waals surface area contributed by atoms with Crippen LogP contribution >= 0.6 is 0 Å². The molecule has 140 valence electrons. The highest BCUT2D eigenvalue weighted by molar-refractivity contribution is 5.78. The van der Waals surface area contributed by atoms with Crippen LogP contribution in [-0.2, 0) is 11.3 Å². The number of ether oxygens (including phenoxy) is 1. The number of para-hydroxylation sites is 1. The lowest BCUT2D eigenvalue weighted by Gasteiger charge is -2.14. The van der Waals surface area contributed by atoms with Crippen molar-refractivity contribution in [2.75, 3.05) is 20.3 Å². The van der Waals surface area contributed by atoms with Gasteiger partial charge in [-0.2, -0.15) is 0 Å². The summed E-state index contributed by atoms with van der Waals surface area (Å²) in [5, 5.41) is 5.74. The molecule has 0 saturated heterocycles. The number of urea groups is 1. The van der Waals surface area contributed by atoms with Crippen LogP contribution in [0.2, 0.25) is 0 Å². The van der Waals surface area contributed by atoms with Gasteiger partial charge in [0.25, 0.3) is 5.56 Å². The number of methoxy groups -OCH3 is 1. The first kappa shape index (κ1) is 18.5. The molecule has 0 radical (unpaired) electrons. The Labute approximate surface area is 154 Å². The zero-order valence-electron chi connectivity index (χ0n) is 14.7. The van der Waals surface area contributed by atoms with E-state index in [0.29, 0.717) is 35.6 Å². The molecule has 2 aromatic carbocycles. The molecule has 0 spiro atoms. The molecule has 0 fully saturated rings. The van der Waals surface area contributed by atoms with Gasteiger partial charge in [-0.1, -0.05) is 12.1 Å².